The molecule has 0 spiro atoms. The van der Waals surface area contributed by atoms with Gasteiger partial charge in [-0.3, -0.25) is 4.79 Å². The standard InChI is InChI=1S/C3H6N4O3/c4-1-5-2-6(3-8)7(9)10/h1,3H,2H2,(H2,4,5). The lowest BCUT2D eigenvalue weighted by Gasteiger charge is -1.99. The summed E-state index contributed by atoms with van der Waals surface area (Å²) >= 11 is 0. The number of carbonyl (C=O) groups excluding carboxylic acids is 1. The lowest BCUT2D eigenvalue weighted by Crippen LogP contribution is -2.28. The number of nitrogens with two attached hydrogens (primary N) is 1. The number of aliphatic imine (C=N–C) groups is 1. The first-order chi connectivity index (χ1) is 4.72. The van der Waals surface area contributed by atoms with E-state index in [4.69, 9.17) is 5.73 Å². The molecule has 56 valence electrons. The molecule has 0 radical (unpaired) electrons. The van der Waals surface area contributed by atoms with E-state index in [1.165, 1.54) is 0 Å². The summed E-state index contributed by atoms with van der Waals surface area (Å²) < 4.78 is 0. The van der Waals surface area contributed by atoms with Crippen LogP contribution in [0.3, 0.4) is 0 Å². The van der Waals surface area contributed by atoms with Gasteiger partial charge in [0.05, 0.1) is 6.34 Å². The summed E-state index contributed by atoms with van der Waals surface area (Å²) in [5, 5.41) is 9.21. The van der Waals surface area contributed by atoms with Crippen LogP contribution in [0.2, 0.25) is 0 Å². The number of hydrogen-bond acceptors (Lipinski definition) is 4. The van der Waals surface area contributed by atoms with Gasteiger partial charge in [-0.25, -0.2) is 15.1 Å². The average molecular weight is 146 g/mol. The van der Waals surface area contributed by atoms with Gasteiger partial charge < -0.3 is 5.73 Å². The van der Waals surface area contributed by atoms with E-state index in [0.29, 0.717) is 0 Å². The van der Waals surface area contributed by atoms with E-state index in [2.05, 4.69) is 4.99 Å². The summed E-state index contributed by atoms with van der Waals surface area (Å²) in [5.74, 6) is 0. The van der Waals surface area contributed by atoms with Crippen LogP contribution in [-0.2, 0) is 4.79 Å². The van der Waals surface area contributed by atoms with Crippen LogP contribution in [-0.4, -0.2) is 29.5 Å². The molecule has 0 bridgehead atoms. The van der Waals surface area contributed by atoms with Crippen molar-refractivity contribution in [1.29, 1.82) is 0 Å². The molecule has 7 heteroatoms. The number of carbonyl (C=O) groups is 1. The van der Waals surface area contributed by atoms with Gasteiger partial charge in [-0.15, -0.1) is 0 Å². The van der Waals surface area contributed by atoms with Crippen LogP contribution in [0.15, 0.2) is 4.99 Å². The Bertz CT molecular complexity index is 156. The van der Waals surface area contributed by atoms with E-state index < -0.39 is 5.03 Å². The van der Waals surface area contributed by atoms with Crippen molar-refractivity contribution >= 4 is 12.7 Å². The number of nitrogens with zero attached hydrogens (tertiary/aromatic N) is 3. The van der Waals surface area contributed by atoms with Crippen LogP contribution in [0.25, 0.3) is 0 Å². The quantitative estimate of drug-likeness (QED) is 0.173. The predicted molar refractivity (Wildman–Crippen MR) is 32.4 cm³/mol. The molecule has 0 aliphatic rings. The molecule has 0 aliphatic heterocycles. The highest BCUT2D eigenvalue weighted by molar-refractivity contribution is 5.51. The van der Waals surface area contributed by atoms with Crippen LogP contribution in [0.4, 0.5) is 0 Å². The maximum Gasteiger partial charge on any atom is 0.273 e. The molecule has 0 aliphatic carbocycles. The molecule has 0 fully saturated rings. The van der Waals surface area contributed by atoms with Gasteiger partial charge in [-0.2, -0.15) is 0 Å². The van der Waals surface area contributed by atoms with Gasteiger partial charge in [0, 0.05) is 0 Å². The van der Waals surface area contributed by atoms with E-state index in [0.717, 1.165) is 6.34 Å². The Morgan fingerprint density at radius 2 is 2.40 bits per heavy atom. The number of hydrogen-bond donors (Lipinski definition) is 1. The second-order valence-electron chi connectivity index (χ2n) is 1.26. The number of amides is 1. The van der Waals surface area contributed by atoms with Crippen molar-refractivity contribution < 1.29 is 9.83 Å². The molecular formula is C3H6N4O3. The van der Waals surface area contributed by atoms with Crippen LogP contribution in [0, 0.1) is 10.1 Å². The van der Waals surface area contributed by atoms with Crippen molar-refractivity contribution in [1.82, 2.24) is 5.01 Å². The Hall–Kier alpha value is -1.66. The molecule has 0 unspecified atom stereocenters. The molecule has 0 atom stereocenters. The summed E-state index contributed by atoms with van der Waals surface area (Å²) in [4.78, 5) is 22.9. The summed E-state index contributed by atoms with van der Waals surface area (Å²) in [7, 11) is 0. The van der Waals surface area contributed by atoms with Crippen LogP contribution in [0.5, 0.6) is 0 Å². The van der Waals surface area contributed by atoms with E-state index in [-0.39, 0.29) is 18.1 Å². The smallest absolute Gasteiger partial charge is 0.273 e. The van der Waals surface area contributed by atoms with Crippen molar-refractivity contribution in [3.63, 3.8) is 0 Å². The zero-order valence-corrected chi connectivity index (χ0v) is 5.01. The molecule has 0 saturated carbocycles. The molecule has 2 N–H and O–H groups in total. The molecule has 0 aromatic carbocycles. The van der Waals surface area contributed by atoms with Crippen molar-refractivity contribution in [3.05, 3.63) is 10.1 Å². The van der Waals surface area contributed by atoms with Crippen molar-refractivity contribution in [2.24, 2.45) is 10.7 Å². The molecule has 10 heavy (non-hydrogen) atoms. The van der Waals surface area contributed by atoms with Crippen molar-refractivity contribution in [2.45, 2.75) is 0 Å². The second kappa shape index (κ2) is 4.24. The fraction of sp³-hybridized carbons (Fsp3) is 0.333. The highest BCUT2D eigenvalue weighted by atomic mass is 16.7. The summed E-state index contributed by atoms with van der Waals surface area (Å²) in [5.41, 5.74) is 4.77. The summed E-state index contributed by atoms with van der Waals surface area (Å²) in [6.07, 6.45) is 0.951. The molecule has 7 nitrogen and oxygen atoms in total. The van der Waals surface area contributed by atoms with Gasteiger partial charge in [-0.05, 0) is 5.01 Å². The zero-order chi connectivity index (χ0) is 7.98. The maximum absolute atomic E-state index is 9.82. The Labute approximate surface area is 56.2 Å². The highest BCUT2D eigenvalue weighted by Crippen LogP contribution is 1.81. The SMILES string of the molecule is NC=NCN(C=O)[N+](=O)[O-]. The van der Waals surface area contributed by atoms with E-state index >= 15 is 0 Å². The Morgan fingerprint density at radius 1 is 1.80 bits per heavy atom. The van der Waals surface area contributed by atoms with Gasteiger partial charge in [0.1, 0.15) is 0 Å². The Morgan fingerprint density at radius 3 is 2.70 bits per heavy atom. The third-order valence-electron chi connectivity index (χ3n) is 0.663. The largest absolute Gasteiger partial charge is 0.390 e. The fourth-order valence-electron chi connectivity index (χ4n) is 0.254. The van der Waals surface area contributed by atoms with E-state index in [1.54, 1.807) is 0 Å². The minimum Gasteiger partial charge on any atom is -0.390 e. The second-order valence-corrected chi connectivity index (χ2v) is 1.26. The van der Waals surface area contributed by atoms with Gasteiger partial charge in [0.2, 0.25) is 0 Å². The van der Waals surface area contributed by atoms with Gasteiger partial charge in [0.15, 0.2) is 11.7 Å². The molecule has 1 amide bonds. The predicted octanol–water partition coefficient (Wildman–Crippen LogP) is -1.42. The highest BCUT2D eigenvalue weighted by Gasteiger charge is 2.09. The van der Waals surface area contributed by atoms with Crippen molar-refractivity contribution in [2.75, 3.05) is 6.67 Å². The first-order valence-corrected chi connectivity index (χ1v) is 2.28. The third kappa shape index (κ3) is 2.60. The zero-order valence-electron chi connectivity index (χ0n) is 5.01. The lowest BCUT2D eigenvalue weighted by molar-refractivity contribution is -0.631. The lowest BCUT2D eigenvalue weighted by atomic mass is 11.0. The topological polar surface area (TPSA) is 102 Å². The van der Waals surface area contributed by atoms with E-state index in [1.807, 2.05) is 0 Å². The minimum atomic E-state index is -0.875. The number of hydrazine groups is 1. The molecule has 0 aromatic rings. The Balaban J connectivity index is 3.83. The average Bonchev–Trinajstić information content (AvgIpc) is 1.89. The molecule has 0 aromatic heterocycles. The summed E-state index contributed by atoms with van der Waals surface area (Å²) in [6.45, 7) is -0.354. The van der Waals surface area contributed by atoms with E-state index in [9.17, 15) is 14.9 Å². The number of nitro groups is 1. The first kappa shape index (κ1) is 8.34. The maximum atomic E-state index is 9.82. The van der Waals surface area contributed by atoms with Gasteiger partial charge in [0.25, 0.3) is 6.41 Å². The van der Waals surface area contributed by atoms with Crippen LogP contribution >= 0.6 is 0 Å². The molecule has 0 saturated heterocycles. The Kier molecular flexibility index (Phi) is 3.54. The third-order valence-corrected chi connectivity index (χ3v) is 0.663. The van der Waals surface area contributed by atoms with Gasteiger partial charge >= 0.3 is 0 Å². The molecular weight excluding hydrogens is 140 g/mol. The normalized spacial score (nSPS) is 9.60. The first-order valence-electron chi connectivity index (χ1n) is 2.28. The van der Waals surface area contributed by atoms with Crippen molar-refractivity contribution in [3.8, 4) is 0 Å². The van der Waals surface area contributed by atoms with Crippen LogP contribution < -0.4 is 5.73 Å². The number of rotatable bonds is 4. The van der Waals surface area contributed by atoms with Gasteiger partial charge in [-0.1, -0.05) is 0 Å². The van der Waals surface area contributed by atoms with Crippen LogP contribution in [0.1, 0.15) is 0 Å². The molecule has 0 heterocycles. The molecule has 0 rings (SSSR count). The minimum absolute atomic E-state index is 0.0625. The monoisotopic (exact) mass is 146 g/mol. The summed E-state index contributed by atoms with van der Waals surface area (Å²) in [6, 6.07) is 0. The fourth-order valence-corrected chi connectivity index (χ4v) is 0.254.